The number of methoxy groups -OCH3 is 1. The number of esters is 1. The lowest BCUT2D eigenvalue weighted by atomic mass is 10.0. The summed E-state index contributed by atoms with van der Waals surface area (Å²) >= 11 is 5.89. The first-order chi connectivity index (χ1) is 13.4. The first kappa shape index (κ1) is 19.5. The molecule has 7 heteroatoms. The number of hydrogen-bond acceptors (Lipinski definition) is 4. The van der Waals surface area contributed by atoms with E-state index in [1.807, 2.05) is 0 Å². The molecule has 3 rings (SSSR count). The molecule has 2 aromatic carbocycles. The summed E-state index contributed by atoms with van der Waals surface area (Å²) in [5, 5.41) is 3.27. The summed E-state index contributed by atoms with van der Waals surface area (Å²) in [5.41, 5.74) is -0.350. The zero-order valence-corrected chi connectivity index (χ0v) is 15.6. The van der Waals surface area contributed by atoms with Crippen LogP contribution in [0.3, 0.4) is 0 Å². The lowest BCUT2D eigenvalue weighted by molar-refractivity contribution is 0.0593. The fourth-order valence-electron chi connectivity index (χ4n) is 2.65. The Morgan fingerprint density at radius 1 is 1.14 bits per heavy atom. The third-order valence-corrected chi connectivity index (χ3v) is 4.20. The predicted molar refractivity (Wildman–Crippen MR) is 106 cm³/mol. The number of carbonyl (C=O) groups is 1. The molecule has 0 saturated heterocycles. The number of rotatable bonds is 5. The Labute approximate surface area is 165 Å². The smallest absolute Gasteiger partial charge is 0.357 e. The lowest BCUT2D eigenvalue weighted by Gasteiger charge is -2.17. The molecular weight excluding hydrogens is 386 g/mol. The van der Waals surface area contributed by atoms with E-state index >= 15 is 4.39 Å². The Hall–Kier alpha value is -3.25. The number of aromatic nitrogens is 1. The second-order valence-corrected chi connectivity index (χ2v) is 6.20. The van der Waals surface area contributed by atoms with Crippen molar-refractivity contribution < 1.29 is 18.3 Å². The summed E-state index contributed by atoms with van der Waals surface area (Å²) in [4.78, 5) is 16.3. The molecule has 28 heavy (non-hydrogen) atoms. The molecule has 0 unspecified atom stereocenters. The van der Waals surface area contributed by atoms with Crippen LogP contribution in [-0.2, 0) is 4.74 Å². The van der Waals surface area contributed by atoms with Crippen molar-refractivity contribution in [2.75, 3.05) is 12.4 Å². The Morgan fingerprint density at radius 3 is 2.36 bits per heavy atom. The van der Waals surface area contributed by atoms with Crippen LogP contribution in [0.15, 0.2) is 61.2 Å². The highest BCUT2D eigenvalue weighted by molar-refractivity contribution is 6.30. The summed E-state index contributed by atoms with van der Waals surface area (Å²) in [6.07, 6.45) is 0. The van der Waals surface area contributed by atoms with Gasteiger partial charge in [-0.05, 0) is 24.3 Å². The zero-order chi connectivity index (χ0) is 20.3. The van der Waals surface area contributed by atoms with E-state index in [-0.39, 0.29) is 17.1 Å². The summed E-state index contributed by atoms with van der Waals surface area (Å²) in [5.74, 6) is -2.78. The van der Waals surface area contributed by atoms with Crippen molar-refractivity contribution in [3.8, 4) is 11.3 Å². The number of para-hydroxylation sites is 1. The van der Waals surface area contributed by atoms with E-state index in [2.05, 4.69) is 16.9 Å². The highest BCUT2D eigenvalue weighted by atomic mass is 35.5. The Balaban J connectivity index is 2.30. The van der Waals surface area contributed by atoms with Gasteiger partial charge in [0.1, 0.15) is 11.5 Å². The van der Waals surface area contributed by atoms with Crippen LogP contribution in [0.25, 0.3) is 17.1 Å². The van der Waals surface area contributed by atoms with Crippen molar-refractivity contribution in [3.63, 3.8) is 0 Å². The van der Waals surface area contributed by atoms with E-state index in [0.29, 0.717) is 16.3 Å². The summed E-state index contributed by atoms with van der Waals surface area (Å²) in [6, 6.07) is 14.8. The van der Waals surface area contributed by atoms with Crippen LogP contribution >= 0.6 is 11.6 Å². The van der Waals surface area contributed by atoms with Crippen molar-refractivity contribution in [2.45, 2.75) is 0 Å². The second-order valence-electron chi connectivity index (χ2n) is 5.77. The highest BCUT2D eigenvalue weighted by Crippen LogP contribution is 2.37. The van der Waals surface area contributed by atoms with Crippen LogP contribution in [0.2, 0.25) is 5.02 Å². The van der Waals surface area contributed by atoms with E-state index in [1.54, 1.807) is 54.6 Å². The Morgan fingerprint density at radius 2 is 1.79 bits per heavy atom. The van der Waals surface area contributed by atoms with Crippen LogP contribution in [0.5, 0.6) is 0 Å². The van der Waals surface area contributed by atoms with Gasteiger partial charge in [-0.3, -0.25) is 0 Å². The number of ether oxygens (including phenoxy) is 1. The molecule has 0 aliphatic heterocycles. The monoisotopic (exact) mass is 400 g/mol. The summed E-state index contributed by atoms with van der Waals surface area (Å²) in [7, 11) is 1.13. The van der Waals surface area contributed by atoms with E-state index in [1.165, 1.54) is 0 Å². The average Bonchev–Trinajstić information content (AvgIpc) is 2.70. The molecule has 0 aliphatic carbocycles. The normalized spacial score (nSPS) is 10.4. The molecule has 3 aromatic rings. The lowest BCUT2D eigenvalue weighted by Crippen LogP contribution is -2.13. The fraction of sp³-hybridized carbons (Fsp3) is 0.0476. The van der Waals surface area contributed by atoms with Crippen molar-refractivity contribution in [3.05, 3.63) is 83.3 Å². The number of halogens is 3. The van der Waals surface area contributed by atoms with Crippen LogP contribution in [0, 0.1) is 5.82 Å². The third-order valence-electron chi connectivity index (χ3n) is 3.95. The van der Waals surface area contributed by atoms with Crippen molar-refractivity contribution in [1.29, 1.82) is 0 Å². The molecule has 0 amide bonds. The first-order valence-electron chi connectivity index (χ1n) is 8.17. The van der Waals surface area contributed by atoms with Crippen molar-refractivity contribution >= 4 is 34.8 Å². The van der Waals surface area contributed by atoms with Gasteiger partial charge in [0.2, 0.25) is 0 Å². The minimum absolute atomic E-state index is 0.152. The number of hydrogen-bond donors (Lipinski definition) is 1. The molecule has 0 bridgehead atoms. The van der Waals surface area contributed by atoms with Crippen LogP contribution in [-0.4, -0.2) is 18.1 Å². The van der Waals surface area contributed by atoms with Crippen molar-refractivity contribution in [2.24, 2.45) is 0 Å². The van der Waals surface area contributed by atoms with Gasteiger partial charge in [0.05, 0.1) is 18.4 Å². The summed E-state index contributed by atoms with van der Waals surface area (Å²) < 4.78 is 34.4. The number of anilines is 2. The first-order valence-corrected chi connectivity index (χ1v) is 8.54. The molecule has 0 saturated carbocycles. The van der Waals surface area contributed by atoms with Gasteiger partial charge in [-0.2, -0.15) is 0 Å². The van der Waals surface area contributed by atoms with Gasteiger partial charge in [0, 0.05) is 16.3 Å². The Bertz CT molecular complexity index is 1040. The maximum absolute atomic E-state index is 15.4. The van der Waals surface area contributed by atoms with Gasteiger partial charge in [0.25, 0.3) is 0 Å². The second kappa shape index (κ2) is 8.19. The fourth-order valence-corrected chi connectivity index (χ4v) is 2.78. The minimum Gasteiger partial charge on any atom is -0.464 e. The number of nitrogens with zero attached hydrogens (tertiary/aromatic N) is 1. The number of carbonyl (C=O) groups excluding carboxylic acids is 1. The molecule has 0 fully saturated rings. The molecule has 1 aromatic heterocycles. The van der Waals surface area contributed by atoms with Crippen molar-refractivity contribution in [1.82, 2.24) is 4.98 Å². The molecule has 1 heterocycles. The van der Waals surface area contributed by atoms with Gasteiger partial charge in [-0.1, -0.05) is 48.5 Å². The van der Waals surface area contributed by atoms with E-state index in [9.17, 15) is 9.18 Å². The van der Waals surface area contributed by atoms with Gasteiger partial charge >= 0.3 is 5.97 Å². The molecule has 0 radical (unpaired) electrons. The van der Waals surface area contributed by atoms with E-state index in [4.69, 9.17) is 16.3 Å². The van der Waals surface area contributed by atoms with E-state index in [0.717, 1.165) is 7.11 Å². The predicted octanol–water partition coefficient (Wildman–Crippen LogP) is 6.01. The van der Waals surface area contributed by atoms with Crippen LogP contribution < -0.4 is 5.32 Å². The maximum Gasteiger partial charge on any atom is 0.357 e. The van der Waals surface area contributed by atoms with Gasteiger partial charge < -0.3 is 10.1 Å². The molecule has 0 spiro atoms. The summed E-state index contributed by atoms with van der Waals surface area (Å²) in [6.45, 7) is 3.22. The Kier molecular flexibility index (Phi) is 5.70. The number of benzene rings is 2. The SMILES string of the molecule is C=C(F)c1c(C(=O)OC)nc(-c2ccc(Cl)cc2)c(F)c1Nc1ccccc1. The molecule has 142 valence electrons. The van der Waals surface area contributed by atoms with Gasteiger partial charge in [0.15, 0.2) is 11.5 Å². The maximum atomic E-state index is 15.4. The molecule has 0 atom stereocenters. The quantitative estimate of drug-likeness (QED) is 0.533. The number of nitrogens with one attached hydrogen (secondary N) is 1. The molecule has 1 N–H and O–H groups in total. The van der Waals surface area contributed by atoms with Gasteiger partial charge in [-0.15, -0.1) is 0 Å². The van der Waals surface area contributed by atoms with Crippen LogP contribution in [0.4, 0.5) is 20.2 Å². The molecule has 4 nitrogen and oxygen atoms in total. The molecule has 0 aliphatic rings. The number of pyridine rings is 1. The average molecular weight is 401 g/mol. The standard InChI is InChI=1S/C21H15ClF2N2O2/c1-12(23)16-19(25-15-6-4-3-5-7-15)17(24)18(26-20(16)21(27)28-2)13-8-10-14(22)11-9-13/h3-11H,1H2,2H3,(H,25,26). The molecular formula is C21H15ClF2N2O2. The topological polar surface area (TPSA) is 51.2 Å². The van der Waals surface area contributed by atoms with E-state index < -0.39 is 23.2 Å². The third kappa shape index (κ3) is 3.87. The van der Waals surface area contributed by atoms with Crippen LogP contribution in [0.1, 0.15) is 16.1 Å². The minimum atomic E-state index is -1.02. The highest BCUT2D eigenvalue weighted by Gasteiger charge is 2.27. The zero-order valence-electron chi connectivity index (χ0n) is 14.8. The van der Waals surface area contributed by atoms with Gasteiger partial charge in [-0.25, -0.2) is 18.6 Å². The largest absolute Gasteiger partial charge is 0.464 e.